The number of carbonyl (C=O) groups excluding carboxylic acids is 1. The molecule has 1 atom stereocenters. The third-order valence-corrected chi connectivity index (χ3v) is 7.59. The first kappa shape index (κ1) is 28.0. The molecular formula is C20H28FN5O3S3. The molecular weight excluding hydrogens is 473 g/mol. The van der Waals surface area contributed by atoms with E-state index in [1.165, 1.54) is 26.1 Å². The molecule has 1 unspecified atom stereocenters. The van der Waals surface area contributed by atoms with Crippen LogP contribution in [0.15, 0.2) is 20.8 Å². The van der Waals surface area contributed by atoms with Gasteiger partial charge < -0.3 is 10.4 Å². The van der Waals surface area contributed by atoms with Crippen molar-refractivity contribution >= 4 is 46.5 Å². The number of aliphatic hydroxyl groups is 1. The second-order valence-electron chi connectivity index (χ2n) is 8.17. The van der Waals surface area contributed by atoms with Gasteiger partial charge in [-0.25, -0.2) is 23.5 Å². The quantitative estimate of drug-likeness (QED) is 0.546. The largest absolute Gasteiger partial charge is 0.383 e. The molecule has 0 aliphatic rings. The number of benzene rings is 1. The molecule has 0 saturated heterocycles. The Bertz CT molecular complexity index is 1170. The molecule has 32 heavy (non-hydrogen) atoms. The van der Waals surface area contributed by atoms with E-state index >= 15 is 0 Å². The number of rotatable bonds is 5. The van der Waals surface area contributed by atoms with Gasteiger partial charge in [-0.15, -0.1) is 15.7 Å². The Morgan fingerprint density at radius 1 is 1.38 bits per heavy atom. The zero-order chi connectivity index (χ0) is 23.7. The molecule has 8 nitrogen and oxygen atoms in total. The van der Waals surface area contributed by atoms with E-state index in [9.17, 15) is 23.8 Å². The monoisotopic (exact) mass is 501 g/mol. The van der Waals surface area contributed by atoms with Gasteiger partial charge in [0, 0.05) is 5.56 Å². The molecule has 0 fully saturated rings. The van der Waals surface area contributed by atoms with Gasteiger partial charge in [0.05, 0.1) is 17.4 Å². The Balaban J connectivity index is 0.00000512. The molecule has 1 aromatic heterocycles. The van der Waals surface area contributed by atoms with Crippen LogP contribution in [0.5, 0.6) is 0 Å². The number of urea groups is 1. The predicted molar refractivity (Wildman–Crippen MR) is 129 cm³/mol. The lowest BCUT2D eigenvalue weighted by Crippen LogP contribution is -2.19. The van der Waals surface area contributed by atoms with Gasteiger partial charge >= 0.3 is 6.03 Å². The molecule has 2 aromatic rings. The molecule has 1 heterocycles. The fourth-order valence-corrected chi connectivity index (χ4v) is 4.96. The molecule has 2 amide bonds. The number of nitriles is 1. The molecule has 0 bridgehead atoms. The van der Waals surface area contributed by atoms with Gasteiger partial charge in [0.2, 0.25) is 0 Å². The van der Waals surface area contributed by atoms with Crippen LogP contribution in [0.1, 0.15) is 75.1 Å². The second kappa shape index (κ2) is 10.3. The molecule has 0 radical (unpaired) electrons. The maximum atomic E-state index is 14.9. The Hall–Kier alpha value is -2.04. The van der Waals surface area contributed by atoms with Crippen LogP contribution in [0.2, 0.25) is 0 Å². The molecule has 0 spiro atoms. The summed E-state index contributed by atoms with van der Waals surface area (Å²) >= 11 is 0.887. The van der Waals surface area contributed by atoms with Crippen molar-refractivity contribution in [3.63, 3.8) is 0 Å². The standard InChI is InChI=1S/C20H26FN5O3S2.H2S/c1-10(2)13-7-12(8-22)16(21)15(11(3)4)17(13)25-19(27)26-31(23,29)14-9-24-18(30-14)20(5,6)28;/h7,9-11,28H,1-6H3,(H3,23,25,26,27,29);1H2. The first-order valence-electron chi connectivity index (χ1n) is 9.50. The first-order chi connectivity index (χ1) is 14.2. The lowest BCUT2D eigenvalue weighted by molar-refractivity contribution is 0.0783. The van der Waals surface area contributed by atoms with Crippen molar-refractivity contribution in [2.45, 2.75) is 63.2 Å². The average Bonchev–Trinajstić information content (AvgIpc) is 3.12. The molecule has 4 N–H and O–H groups in total. The second-order valence-corrected chi connectivity index (χ2v) is 11.2. The van der Waals surface area contributed by atoms with Gasteiger partial charge in [-0.2, -0.15) is 18.8 Å². The minimum Gasteiger partial charge on any atom is -0.383 e. The van der Waals surface area contributed by atoms with E-state index in [0.29, 0.717) is 5.56 Å². The van der Waals surface area contributed by atoms with Crippen molar-refractivity contribution in [3.05, 3.63) is 39.8 Å². The molecule has 12 heteroatoms. The van der Waals surface area contributed by atoms with Gasteiger partial charge in [0.25, 0.3) is 0 Å². The minimum absolute atomic E-state index is 0. The number of nitrogens with two attached hydrogens (primary N) is 1. The van der Waals surface area contributed by atoms with E-state index < -0.39 is 27.4 Å². The lowest BCUT2D eigenvalue weighted by Gasteiger charge is -2.21. The lowest BCUT2D eigenvalue weighted by atomic mass is 9.90. The third-order valence-electron chi connectivity index (χ3n) is 4.40. The van der Waals surface area contributed by atoms with Gasteiger partial charge in [-0.05, 0) is 37.3 Å². The van der Waals surface area contributed by atoms with Crippen LogP contribution in [0.3, 0.4) is 0 Å². The van der Waals surface area contributed by atoms with Crippen molar-refractivity contribution in [1.82, 2.24) is 4.98 Å². The molecule has 0 aliphatic heterocycles. The summed E-state index contributed by atoms with van der Waals surface area (Å²) in [6, 6.07) is 2.21. The van der Waals surface area contributed by atoms with Gasteiger partial charge in [-0.1, -0.05) is 27.7 Å². The Labute approximate surface area is 198 Å². The number of aromatic nitrogens is 1. The number of halogens is 1. The van der Waals surface area contributed by atoms with Crippen LogP contribution in [-0.2, 0) is 15.5 Å². The van der Waals surface area contributed by atoms with E-state index in [2.05, 4.69) is 14.7 Å². The SMILES string of the molecule is CC(C)c1cc(C#N)c(F)c(C(C)C)c1NC(=O)N=S(N)(=O)c1cnc(C(C)(C)O)s1.S. The topological polar surface area (TPSA) is 141 Å². The first-order valence-corrected chi connectivity index (χ1v) is 11.9. The summed E-state index contributed by atoms with van der Waals surface area (Å²) in [5.41, 5.74) is -0.479. The highest BCUT2D eigenvalue weighted by Gasteiger charge is 2.25. The molecule has 0 aliphatic carbocycles. The summed E-state index contributed by atoms with van der Waals surface area (Å²) in [6.07, 6.45) is 1.21. The summed E-state index contributed by atoms with van der Waals surface area (Å²) in [4.78, 5) is 16.6. The van der Waals surface area contributed by atoms with Crippen LogP contribution in [0.25, 0.3) is 0 Å². The smallest absolute Gasteiger partial charge is 0.354 e. The van der Waals surface area contributed by atoms with Crippen LogP contribution in [0.4, 0.5) is 14.9 Å². The van der Waals surface area contributed by atoms with Gasteiger partial charge in [0.15, 0.2) is 9.92 Å². The van der Waals surface area contributed by atoms with Gasteiger partial charge in [-0.3, -0.25) is 0 Å². The molecule has 2 rings (SSSR count). The van der Waals surface area contributed by atoms with Crippen LogP contribution in [-0.4, -0.2) is 20.3 Å². The van der Waals surface area contributed by atoms with E-state index in [1.54, 1.807) is 13.8 Å². The number of hydrogen-bond donors (Lipinski definition) is 3. The number of nitrogens with zero attached hydrogens (tertiary/aromatic N) is 3. The predicted octanol–water partition coefficient (Wildman–Crippen LogP) is 4.67. The molecule has 0 saturated carbocycles. The molecule has 1 aromatic carbocycles. The maximum Gasteiger partial charge on any atom is 0.354 e. The summed E-state index contributed by atoms with van der Waals surface area (Å²) in [5, 5.41) is 27.9. The van der Waals surface area contributed by atoms with Crippen molar-refractivity contribution < 1.29 is 18.5 Å². The van der Waals surface area contributed by atoms with Crippen LogP contribution in [0, 0.1) is 17.1 Å². The normalized spacial score (nSPS) is 13.3. The summed E-state index contributed by atoms with van der Waals surface area (Å²) in [5.74, 6) is -1.21. The summed E-state index contributed by atoms with van der Waals surface area (Å²) in [7, 11) is -3.65. The average molecular weight is 502 g/mol. The number of amides is 2. The summed E-state index contributed by atoms with van der Waals surface area (Å²) < 4.78 is 31.4. The fraction of sp³-hybridized carbons (Fsp3) is 0.450. The highest BCUT2D eigenvalue weighted by molar-refractivity contribution is 7.93. The zero-order valence-electron chi connectivity index (χ0n) is 18.7. The van der Waals surface area contributed by atoms with Crippen LogP contribution >= 0.6 is 24.8 Å². The number of thiazole rings is 1. The van der Waals surface area contributed by atoms with Crippen LogP contribution < -0.4 is 10.5 Å². The zero-order valence-corrected chi connectivity index (χ0v) is 21.3. The van der Waals surface area contributed by atoms with Crippen molar-refractivity contribution in [1.29, 1.82) is 5.26 Å². The highest BCUT2D eigenvalue weighted by Crippen LogP contribution is 2.36. The summed E-state index contributed by atoms with van der Waals surface area (Å²) in [6.45, 7) is 10.2. The van der Waals surface area contributed by atoms with Crippen molar-refractivity contribution in [2.24, 2.45) is 9.50 Å². The van der Waals surface area contributed by atoms with E-state index in [-0.39, 0.29) is 51.4 Å². The van der Waals surface area contributed by atoms with E-state index in [1.807, 2.05) is 19.9 Å². The number of nitrogens with one attached hydrogen (secondary N) is 1. The van der Waals surface area contributed by atoms with Crippen molar-refractivity contribution in [3.8, 4) is 6.07 Å². The third kappa shape index (κ3) is 6.05. The molecule has 176 valence electrons. The highest BCUT2D eigenvalue weighted by atomic mass is 32.2. The van der Waals surface area contributed by atoms with E-state index in [0.717, 1.165) is 11.3 Å². The number of anilines is 1. The Morgan fingerprint density at radius 3 is 2.41 bits per heavy atom. The Morgan fingerprint density at radius 2 is 1.97 bits per heavy atom. The maximum absolute atomic E-state index is 14.9. The number of hydrogen-bond acceptors (Lipinski definition) is 6. The minimum atomic E-state index is -3.65. The van der Waals surface area contributed by atoms with E-state index in [4.69, 9.17) is 5.14 Å². The number of carbonyl (C=O) groups is 1. The van der Waals surface area contributed by atoms with Gasteiger partial charge in [0.1, 0.15) is 26.7 Å². The fourth-order valence-electron chi connectivity index (χ4n) is 2.89. The Kier molecular flexibility index (Phi) is 8.98. The van der Waals surface area contributed by atoms with Crippen molar-refractivity contribution in [2.75, 3.05) is 5.32 Å².